The largest absolute Gasteiger partial charge is 0.324 e. The average Bonchev–Trinajstić information content (AvgIpc) is 2.86. The number of hydrogen-bond donors (Lipinski definition) is 1. The molecule has 108 valence electrons. The number of hydrogen-bond acceptors (Lipinski definition) is 3. The van der Waals surface area contributed by atoms with Gasteiger partial charge in [-0.15, -0.1) is 0 Å². The molecule has 3 rings (SSSR count). The molecular weight excluding hydrogens is 267 g/mol. The lowest BCUT2D eigenvalue weighted by Crippen LogP contribution is -2.19. The molecule has 1 atom stereocenters. The van der Waals surface area contributed by atoms with Crippen LogP contribution in [0.1, 0.15) is 36.6 Å². The van der Waals surface area contributed by atoms with Crippen LogP contribution in [0.4, 0.5) is 4.39 Å². The average molecular weight is 284 g/mol. The molecule has 0 radical (unpaired) electrons. The molecular formula is C16H17FN4. The molecule has 21 heavy (non-hydrogen) atoms. The molecule has 1 aliphatic carbocycles. The Bertz CT molecular complexity index is 682. The van der Waals surface area contributed by atoms with Crippen LogP contribution in [0.5, 0.6) is 0 Å². The van der Waals surface area contributed by atoms with E-state index in [0.29, 0.717) is 13.0 Å². The molecule has 0 fully saturated rings. The molecule has 0 aliphatic heterocycles. The molecule has 0 amide bonds. The van der Waals surface area contributed by atoms with Crippen LogP contribution in [0.2, 0.25) is 0 Å². The van der Waals surface area contributed by atoms with Crippen molar-refractivity contribution >= 4 is 0 Å². The van der Waals surface area contributed by atoms with Crippen molar-refractivity contribution in [1.82, 2.24) is 9.78 Å². The lowest BCUT2D eigenvalue weighted by molar-refractivity contribution is 0.524. The standard InChI is InChI=1S/C16H17FN4/c17-12-7-5-11(6-8-12)16-15-13(19)3-1-4-14(15)21(20-16)10-2-9-18/h5-8,13H,1-4,10,19H2. The third-order valence-electron chi connectivity index (χ3n) is 3.95. The highest BCUT2D eigenvalue weighted by Crippen LogP contribution is 2.36. The van der Waals surface area contributed by atoms with Crippen molar-refractivity contribution in [2.24, 2.45) is 5.73 Å². The Kier molecular flexibility index (Phi) is 3.72. The zero-order valence-electron chi connectivity index (χ0n) is 11.7. The second-order valence-corrected chi connectivity index (χ2v) is 5.35. The zero-order valence-corrected chi connectivity index (χ0v) is 11.7. The second kappa shape index (κ2) is 5.66. The summed E-state index contributed by atoms with van der Waals surface area (Å²) in [5.41, 5.74) is 10.2. The van der Waals surface area contributed by atoms with Crippen molar-refractivity contribution in [3.63, 3.8) is 0 Å². The van der Waals surface area contributed by atoms with Gasteiger partial charge in [-0.3, -0.25) is 4.68 Å². The summed E-state index contributed by atoms with van der Waals surface area (Å²) < 4.78 is 15.0. The Labute approximate surface area is 123 Å². The van der Waals surface area contributed by atoms with Crippen molar-refractivity contribution < 1.29 is 4.39 Å². The van der Waals surface area contributed by atoms with E-state index in [1.165, 1.54) is 12.1 Å². The molecule has 1 unspecified atom stereocenters. The molecule has 0 saturated carbocycles. The molecule has 1 aromatic heterocycles. The van der Waals surface area contributed by atoms with Crippen LogP contribution >= 0.6 is 0 Å². The first-order valence-electron chi connectivity index (χ1n) is 7.18. The summed E-state index contributed by atoms with van der Waals surface area (Å²) in [7, 11) is 0. The SMILES string of the molecule is N#CCCn1nc(-c2ccc(F)cc2)c2c1CCCC2N. The van der Waals surface area contributed by atoms with Crippen molar-refractivity contribution in [2.75, 3.05) is 0 Å². The fraction of sp³-hybridized carbons (Fsp3) is 0.375. The van der Waals surface area contributed by atoms with E-state index in [-0.39, 0.29) is 11.9 Å². The van der Waals surface area contributed by atoms with Crippen LogP contribution in [0, 0.1) is 17.1 Å². The van der Waals surface area contributed by atoms with E-state index < -0.39 is 0 Å². The zero-order chi connectivity index (χ0) is 14.8. The second-order valence-electron chi connectivity index (χ2n) is 5.35. The number of nitrogens with two attached hydrogens (primary N) is 1. The van der Waals surface area contributed by atoms with Crippen molar-refractivity contribution in [2.45, 2.75) is 38.3 Å². The first kappa shape index (κ1) is 13.8. The Morgan fingerprint density at radius 1 is 1.38 bits per heavy atom. The van der Waals surface area contributed by atoms with Crippen LogP contribution in [0.15, 0.2) is 24.3 Å². The molecule has 4 nitrogen and oxygen atoms in total. The molecule has 2 aromatic rings. The van der Waals surface area contributed by atoms with Gasteiger partial charge < -0.3 is 5.73 Å². The maximum Gasteiger partial charge on any atom is 0.123 e. The van der Waals surface area contributed by atoms with Crippen LogP contribution in [0.3, 0.4) is 0 Å². The summed E-state index contributed by atoms with van der Waals surface area (Å²) in [4.78, 5) is 0. The molecule has 0 spiro atoms. The number of halogens is 1. The molecule has 1 heterocycles. The fourth-order valence-electron chi connectivity index (χ4n) is 2.96. The van der Waals surface area contributed by atoms with Gasteiger partial charge in [0, 0.05) is 22.9 Å². The van der Waals surface area contributed by atoms with Gasteiger partial charge in [-0.2, -0.15) is 10.4 Å². The van der Waals surface area contributed by atoms with E-state index in [4.69, 9.17) is 11.0 Å². The Balaban J connectivity index is 2.09. The van der Waals surface area contributed by atoms with Gasteiger partial charge in [0.25, 0.3) is 0 Å². The predicted octanol–water partition coefficient (Wildman–Crippen LogP) is 2.94. The lowest BCUT2D eigenvalue weighted by Gasteiger charge is -2.20. The number of aryl methyl sites for hydroxylation is 1. The van der Waals surface area contributed by atoms with Gasteiger partial charge in [0.1, 0.15) is 5.82 Å². The Morgan fingerprint density at radius 3 is 2.86 bits per heavy atom. The first-order valence-corrected chi connectivity index (χ1v) is 7.18. The number of aromatic nitrogens is 2. The summed E-state index contributed by atoms with van der Waals surface area (Å²) >= 11 is 0. The Hall–Kier alpha value is -2.19. The first-order chi connectivity index (χ1) is 10.2. The van der Waals surface area contributed by atoms with Gasteiger partial charge in [-0.05, 0) is 43.5 Å². The smallest absolute Gasteiger partial charge is 0.123 e. The topological polar surface area (TPSA) is 67.6 Å². The van der Waals surface area contributed by atoms with Gasteiger partial charge in [0.05, 0.1) is 24.7 Å². The van der Waals surface area contributed by atoms with Crippen molar-refractivity contribution in [3.05, 3.63) is 41.3 Å². The van der Waals surface area contributed by atoms with E-state index in [1.54, 1.807) is 12.1 Å². The van der Waals surface area contributed by atoms with Gasteiger partial charge >= 0.3 is 0 Å². The summed E-state index contributed by atoms with van der Waals surface area (Å²) in [6.45, 7) is 0.576. The van der Waals surface area contributed by atoms with Gasteiger partial charge in [-0.1, -0.05) is 0 Å². The molecule has 2 N–H and O–H groups in total. The lowest BCUT2D eigenvalue weighted by atomic mass is 9.89. The van der Waals surface area contributed by atoms with Crippen LogP contribution < -0.4 is 5.73 Å². The van der Waals surface area contributed by atoms with Crippen LogP contribution in [-0.4, -0.2) is 9.78 Å². The van der Waals surface area contributed by atoms with Crippen LogP contribution in [0.25, 0.3) is 11.3 Å². The maximum atomic E-state index is 13.1. The fourth-order valence-corrected chi connectivity index (χ4v) is 2.96. The van der Waals surface area contributed by atoms with E-state index in [9.17, 15) is 4.39 Å². The summed E-state index contributed by atoms with van der Waals surface area (Å²) in [5.74, 6) is -0.263. The summed E-state index contributed by atoms with van der Waals surface area (Å²) in [6.07, 6.45) is 3.33. The van der Waals surface area contributed by atoms with E-state index >= 15 is 0 Å². The highest BCUT2D eigenvalue weighted by Gasteiger charge is 2.26. The van der Waals surface area contributed by atoms with Gasteiger partial charge in [0.2, 0.25) is 0 Å². The number of benzene rings is 1. The van der Waals surface area contributed by atoms with Gasteiger partial charge in [0.15, 0.2) is 0 Å². The molecule has 1 aromatic carbocycles. The van der Waals surface area contributed by atoms with E-state index in [1.807, 2.05) is 4.68 Å². The molecule has 0 saturated heterocycles. The highest BCUT2D eigenvalue weighted by molar-refractivity contribution is 5.65. The minimum Gasteiger partial charge on any atom is -0.324 e. The molecule has 1 aliphatic rings. The number of rotatable bonds is 3. The van der Waals surface area contributed by atoms with Gasteiger partial charge in [-0.25, -0.2) is 4.39 Å². The maximum absolute atomic E-state index is 13.1. The predicted molar refractivity (Wildman–Crippen MR) is 77.7 cm³/mol. The minimum absolute atomic E-state index is 0.0374. The highest BCUT2D eigenvalue weighted by atomic mass is 19.1. The third kappa shape index (κ3) is 2.55. The molecule has 0 bridgehead atoms. The number of nitriles is 1. The normalized spacial score (nSPS) is 17.3. The summed E-state index contributed by atoms with van der Waals surface area (Å²) in [5, 5.41) is 13.4. The van der Waals surface area contributed by atoms with E-state index in [2.05, 4.69) is 11.2 Å². The van der Waals surface area contributed by atoms with Crippen LogP contribution in [-0.2, 0) is 13.0 Å². The number of nitrogens with zero attached hydrogens (tertiary/aromatic N) is 3. The monoisotopic (exact) mass is 284 g/mol. The van der Waals surface area contributed by atoms with Crippen molar-refractivity contribution in [1.29, 1.82) is 5.26 Å². The quantitative estimate of drug-likeness (QED) is 0.942. The Morgan fingerprint density at radius 2 is 2.14 bits per heavy atom. The van der Waals surface area contributed by atoms with E-state index in [0.717, 1.165) is 41.8 Å². The summed E-state index contributed by atoms with van der Waals surface area (Å²) in [6, 6.07) is 8.44. The number of fused-ring (bicyclic) bond motifs is 1. The van der Waals surface area contributed by atoms with Crippen molar-refractivity contribution in [3.8, 4) is 17.3 Å². The third-order valence-corrected chi connectivity index (χ3v) is 3.95. The molecule has 5 heteroatoms. The minimum atomic E-state index is -0.263.